The zero-order valence-corrected chi connectivity index (χ0v) is 16.9. The summed E-state index contributed by atoms with van der Waals surface area (Å²) < 4.78 is 0. The Morgan fingerprint density at radius 1 is 1.12 bits per heavy atom. The molecule has 0 spiro atoms. The lowest BCUT2D eigenvalue weighted by atomic mass is 9.46. The topological polar surface area (TPSA) is 20.2 Å². The third kappa shape index (κ3) is 2.59. The first-order chi connectivity index (χ1) is 11.9. The van der Waals surface area contributed by atoms with Gasteiger partial charge in [0, 0.05) is 0 Å². The van der Waals surface area contributed by atoms with Crippen LogP contribution in [0.3, 0.4) is 0 Å². The number of fused-ring (bicyclic) bond motifs is 5. The average molecular weight is 343 g/mol. The lowest BCUT2D eigenvalue weighted by molar-refractivity contribution is -0.0508. The highest BCUT2D eigenvalue weighted by atomic mass is 16.3. The van der Waals surface area contributed by atoms with Crippen LogP contribution in [0.15, 0.2) is 23.3 Å². The van der Waals surface area contributed by atoms with Crippen LogP contribution < -0.4 is 0 Å². The first-order valence-corrected chi connectivity index (χ1v) is 11.0. The Kier molecular flexibility index (Phi) is 4.46. The van der Waals surface area contributed by atoms with Crippen LogP contribution in [0.1, 0.15) is 85.5 Å². The second kappa shape index (κ2) is 6.25. The largest absolute Gasteiger partial charge is 0.389 e. The summed E-state index contributed by atoms with van der Waals surface area (Å²) in [6.07, 6.45) is 16.3. The van der Waals surface area contributed by atoms with Gasteiger partial charge >= 0.3 is 0 Å². The van der Waals surface area contributed by atoms with Gasteiger partial charge in [-0.2, -0.15) is 0 Å². The third-order valence-electron chi connectivity index (χ3n) is 9.16. The van der Waals surface area contributed by atoms with Gasteiger partial charge in [-0.3, -0.25) is 0 Å². The van der Waals surface area contributed by atoms with Gasteiger partial charge in [-0.15, -0.1) is 0 Å². The zero-order valence-electron chi connectivity index (χ0n) is 16.9. The van der Waals surface area contributed by atoms with Crippen LogP contribution in [0, 0.1) is 34.5 Å². The molecule has 4 unspecified atom stereocenters. The number of aliphatic hydroxyl groups excluding tert-OH is 1. The van der Waals surface area contributed by atoms with E-state index in [2.05, 4.69) is 39.8 Å². The molecule has 4 rings (SSSR count). The van der Waals surface area contributed by atoms with Crippen molar-refractivity contribution in [2.75, 3.05) is 0 Å². The smallest absolute Gasteiger partial charge is 0.0724 e. The van der Waals surface area contributed by atoms with Crippen LogP contribution in [0.5, 0.6) is 0 Å². The minimum absolute atomic E-state index is 0.175. The molecule has 0 aliphatic heterocycles. The fraction of sp³-hybridized carbons (Fsp3) is 0.833. The van der Waals surface area contributed by atoms with E-state index in [0.29, 0.717) is 10.8 Å². The van der Waals surface area contributed by atoms with Crippen LogP contribution in [0.2, 0.25) is 0 Å². The fourth-order valence-electron chi connectivity index (χ4n) is 7.92. The summed E-state index contributed by atoms with van der Waals surface area (Å²) in [5.41, 5.74) is 4.21. The van der Waals surface area contributed by atoms with Crippen LogP contribution in [0.4, 0.5) is 0 Å². The Morgan fingerprint density at radius 2 is 1.92 bits per heavy atom. The van der Waals surface area contributed by atoms with Crippen molar-refractivity contribution in [3.8, 4) is 0 Å². The molecule has 0 amide bonds. The van der Waals surface area contributed by atoms with Crippen molar-refractivity contribution in [2.24, 2.45) is 34.5 Å². The molecule has 0 aromatic rings. The van der Waals surface area contributed by atoms with Crippen molar-refractivity contribution in [2.45, 2.75) is 91.6 Å². The van der Waals surface area contributed by atoms with E-state index in [1.807, 2.05) is 0 Å². The Labute approximate surface area is 155 Å². The summed E-state index contributed by atoms with van der Waals surface area (Å²) in [5.74, 6) is 3.56. The quantitative estimate of drug-likeness (QED) is 0.585. The molecule has 0 radical (unpaired) electrons. The van der Waals surface area contributed by atoms with Gasteiger partial charge in [0.1, 0.15) is 0 Å². The van der Waals surface area contributed by atoms with Crippen molar-refractivity contribution in [1.29, 1.82) is 0 Å². The molecule has 0 bridgehead atoms. The summed E-state index contributed by atoms with van der Waals surface area (Å²) in [5, 5.41) is 10.1. The van der Waals surface area contributed by atoms with E-state index < -0.39 is 0 Å². The number of hydrogen-bond donors (Lipinski definition) is 1. The molecule has 4 aliphatic rings. The number of allylic oxidation sites excluding steroid dienone is 3. The van der Waals surface area contributed by atoms with Crippen LogP contribution >= 0.6 is 0 Å². The van der Waals surface area contributed by atoms with Crippen molar-refractivity contribution < 1.29 is 5.11 Å². The monoisotopic (exact) mass is 342 g/mol. The first-order valence-electron chi connectivity index (χ1n) is 11.0. The van der Waals surface area contributed by atoms with E-state index in [1.54, 1.807) is 11.1 Å². The highest BCUT2D eigenvalue weighted by Gasteiger charge is 2.58. The van der Waals surface area contributed by atoms with Gasteiger partial charge in [0.15, 0.2) is 0 Å². The summed E-state index contributed by atoms with van der Waals surface area (Å²) in [4.78, 5) is 0. The molecule has 3 saturated carbocycles. The molecule has 140 valence electrons. The number of aliphatic hydroxyl groups is 1. The summed E-state index contributed by atoms with van der Waals surface area (Å²) in [6.45, 7) is 9.86. The van der Waals surface area contributed by atoms with E-state index in [1.165, 1.54) is 51.4 Å². The maximum absolute atomic E-state index is 10.1. The van der Waals surface area contributed by atoms with Crippen molar-refractivity contribution in [3.05, 3.63) is 23.3 Å². The minimum atomic E-state index is -0.175. The van der Waals surface area contributed by atoms with E-state index in [4.69, 9.17) is 0 Å². The molecule has 0 aromatic heterocycles. The summed E-state index contributed by atoms with van der Waals surface area (Å²) in [7, 11) is 0. The Hall–Kier alpha value is -0.560. The molecule has 0 saturated heterocycles. The minimum Gasteiger partial charge on any atom is -0.389 e. The standard InChI is InChI=1S/C24H38O/c1-5-6-16(2)20-9-10-21-19-8-7-17-15-18(25)11-13-23(17,3)22(19)12-14-24(20,21)4/h6,15,18-22,25H,5,7-14H2,1-4H3/b16-6+/t18-,19?,20+,21-,22?,23?,24?/m0/s1. The molecule has 1 heteroatoms. The van der Waals surface area contributed by atoms with E-state index in [-0.39, 0.29) is 6.10 Å². The van der Waals surface area contributed by atoms with E-state index in [0.717, 1.165) is 30.1 Å². The third-order valence-corrected chi connectivity index (χ3v) is 9.16. The van der Waals surface area contributed by atoms with Gasteiger partial charge in [-0.25, -0.2) is 0 Å². The van der Waals surface area contributed by atoms with Gasteiger partial charge in [0.05, 0.1) is 6.10 Å². The average Bonchev–Trinajstić information content (AvgIpc) is 2.93. The molecule has 1 nitrogen and oxygen atoms in total. The predicted molar refractivity (Wildman–Crippen MR) is 105 cm³/mol. The van der Waals surface area contributed by atoms with E-state index >= 15 is 0 Å². The molecule has 7 atom stereocenters. The van der Waals surface area contributed by atoms with Crippen LogP contribution in [-0.2, 0) is 0 Å². The SMILES string of the molecule is CC/C=C(\C)[C@H]1CC[C@H]2C3CCC4=C[C@@H](O)CCC4(C)C3CCC12C. The summed E-state index contributed by atoms with van der Waals surface area (Å²) in [6, 6.07) is 0. The normalized spacial score (nSPS) is 49.9. The highest BCUT2D eigenvalue weighted by Crippen LogP contribution is 2.67. The van der Waals surface area contributed by atoms with Gasteiger partial charge in [0.25, 0.3) is 0 Å². The molecule has 1 N–H and O–H groups in total. The van der Waals surface area contributed by atoms with Gasteiger partial charge in [0.2, 0.25) is 0 Å². The first kappa shape index (κ1) is 17.8. The zero-order chi connectivity index (χ0) is 17.8. The lowest BCUT2D eigenvalue weighted by Crippen LogP contribution is -2.50. The van der Waals surface area contributed by atoms with Crippen LogP contribution in [0.25, 0.3) is 0 Å². The Balaban J connectivity index is 1.62. The molecule has 0 heterocycles. The molecular formula is C24H38O. The van der Waals surface area contributed by atoms with Gasteiger partial charge in [-0.05, 0) is 99.2 Å². The Bertz CT molecular complexity index is 587. The molecular weight excluding hydrogens is 304 g/mol. The molecule has 4 aliphatic carbocycles. The number of hydrogen-bond acceptors (Lipinski definition) is 1. The highest BCUT2D eigenvalue weighted by molar-refractivity contribution is 5.26. The predicted octanol–water partition coefficient (Wildman–Crippen LogP) is 6.28. The Morgan fingerprint density at radius 3 is 2.68 bits per heavy atom. The molecule has 3 fully saturated rings. The maximum atomic E-state index is 10.1. The fourth-order valence-corrected chi connectivity index (χ4v) is 7.92. The second-order valence-corrected chi connectivity index (χ2v) is 10.2. The maximum Gasteiger partial charge on any atom is 0.0724 e. The van der Waals surface area contributed by atoms with Crippen molar-refractivity contribution in [3.63, 3.8) is 0 Å². The molecule has 0 aromatic carbocycles. The van der Waals surface area contributed by atoms with Gasteiger partial charge < -0.3 is 5.11 Å². The lowest BCUT2D eigenvalue weighted by Gasteiger charge is -2.58. The van der Waals surface area contributed by atoms with Crippen molar-refractivity contribution >= 4 is 0 Å². The number of rotatable bonds is 2. The molecule has 25 heavy (non-hydrogen) atoms. The van der Waals surface area contributed by atoms with Crippen molar-refractivity contribution in [1.82, 2.24) is 0 Å². The summed E-state index contributed by atoms with van der Waals surface area (Å²) >= 11 is 0. The van der Waals surface area contributed by atoms with Crippen LogP contribution in [-0.4, -0.2) is 11.2 Å². The second-order valence-electron chi connectivity index (χ2n) is 10.2. The van der Waals surface area contributed by atoms with Gasteiger partial charge in [-0.1, -0.05) is 44.1 Å². The van der Waals surface area contributed by atoms with E-state index in [9.17, 15) is 5.11 Å².